The number of thiazole rings is 1. The molecule has 1 fully saturated rings. The maximum Gasteiger partial charge on any atom is 0.416 e. The van der Waals surface area contributed by atoms with Gasteiger partial charge in [0.15, 0.2) is 5.13 Å². The summed E-state index contributed by atoms with van der Waals surface area (Å²) in [6, 6.07) is 5.44. The van der Waals surface area contributed by atoms with Crippen LogP contribution in [0.25, 0.3) is 0 Å². The first-order chi connectivity index (χ1) is 19.3. The van der Waals surface area contributed by atoms with Crippen LogP contribution < -0.4 is 20.3 Å². The van der Waals surface area contributed by atoms with Gasteiger partial charge in [-0.2, -0.15) is 0 Å². The van der Waals surface area contributed by atoms with Gasteiger partial charge in [-0.05, 0) is 70.4 Å². The number of ether oxygens (including phenoxy) is 2. The second kappa shape index (κ2) is 12.1. The number of benzene rings is 1. The van der Waals surface area contributed by atoms with E-state index in [2.05, 4.69) is 20.6 Å². The Morgan fingerprint density at radius 1 is 1.10 bits per heavy atom. The third kappa shape index (κ3) is 8.16. The first kappa shape index (κ1) is 29.8. The molecule has 0 aliphatic heterocycles. The third-order valence-electron chi connectivity index (χ3n) is 5.49. The lowest BCUT2D eigenvalue weighted by atomic mass is 10.1. The van der Waals surface area contributed by atoms with Gasteiger partial charge in [-0.3, -0.25) is 9.59 Å². The number of nitrogens with one attached hydrogen (secondary N) is 2. The van der Waals surface area contributed by atoms with Crippen LogP contribution in [0.3, 0.4) is 0 Å². The van der Waals surface area contributed by atoms with E-state index in [1.807, 2.05) is 0 Å². The predicted molar refractivity (Wildman–Crippen MR) is 147 cm³/mol. The Bertz CT molecular complexity index is 1440. The average Bonchev–Trinajstić information content (AvgIpc) is 3.55. The molecule has 1 aliphatic rings. The van der Waals surface area contributed by atoms with Gasteiger partial charge in [-0.25, -0.2) is 32.8 Å². The van der Waals surface area contributed by atoms with E-state index in [9.17, 15) is 27.6 Å². The molecule has 2 N–H and O–H groups in total. The van der Waals surface area contributed by atoms with E-state index in [1.165, 1.54) is 25.3 Å². The van der Waals surface area contributed by atoms with E-state index in [0.717, 1.165) is 25.1 Å². The maximum atomic E-state index is 14.7. The number of aromatic nitrogens is 2. The summed E-state index contributed by atoms with van der Waals surface area (Å²) in [5.41, 5.74) is -0.827. The number of aryl methyl sites for hydroxylation is 1. The molecule has 41 heavy (non-hydrogen) atoms. The van der Waals surface area contributed by atoms with Gasteiger partial charge in [-0.15, -0.1) is 0 Å². The third-order valence-corrected chi connectivity index (χ3v) is 6.51. The molecule has 1 aliphatic carbocycles. The van der Waals surface area contributed by atoms with Gasteiger partial charge in [0.05, 0.1) is 30.6 Å². The molecule has 1 saturated carbocycles. The minimum atomic E-state index is -2.88. The quantitative estimate of drug-likeness (QED) is 0.311. The first-order valence-corrected chi connectivity index (χ1v) is 13.4. The normalized spacial score (nSPS) is 13.1. The average molecular weight is 592 g/mol. The van der Waals surface area contributed by atoms with Crippen LogP contribution in [0.1, 0.15) is 59.2 Å². The van der Waals surface area contributed by atoms with Crippen LogP contribution in [0.4, 0.5) is 34.6 Å². The van der Waals surface area contributed by atoms with E-state index in [1.54, 1.807) is 26.8 Å². The summed E-state index contributed by atoms with van der Waals surface area (Å²) in [5, 5.41) is 4.92. The van der Waals surface area contributed by atoms with Crippen molar-refractivity contribution < 1.29 is 37.0 Å². The zero-order valence-electron chi connectivity index (χ0n) is 22.7. The number of pyridine rings is 1. The van der Waals surface area contributed by atoms with Gasteiger partial charge in [0.25, 0.3) is 18.2 Å². The van der Waals surface area contributed by atoms with Crippen LogP contribution in [0.5, 0.6) is 5.75 Å². The Labute approximate surface area is 237 Å². The van der Waals surface area contributed by atoms with Crippen LogP contribution in [0.2, 0.25) is 0 Å². The van der Waals surface area contributed by atoms with Crippen molar-refractivity contribution in [2.75, 3.05) is 22.1 Å². The van der Waals surface area contributed by atoms with E-state index in [4.69, 9.17) is 9.47 Å². The van der Waals surface area contributed by atoms with Crippen LogP contribution in [0, 0.1) is 12.7 Å². The first-order valence-electron chi connectivity index (χ1n) is 12.6. The van der Waals surface area contributed by atoms with Crippen LogP contribution in [0.15, 0.2) is 36.7 Å². The summed E-state index contributed by atoms with van der Waals surface area (Å²) in [5.74, 6) is -1.57. The van der Waals surface area contributed by atoms with Crippen molar-refractivity contribution in [2.45, 2.75) is 58.7 Å². The highest BCUT2D eigenvalue weighted by Crippen LogP contribution is 2.29. The lowest BCUT2D eigenvalue weighted by Gasteiger charge is -2.25. The van der Waals surface area contributed by atoms with Crippen LogP contribution in [-0.4, -0.2) is 52.6 Å². The highest BCUT2D eigenvalue weighted by molar-refractivity contribution is 7.17. The number of rotatable bonds is 9. The summed E-state index contributed by atoms with van der Waals surface area (Å²) in [6.07, 6.45) is 0.815. The van der Waals surface area contributed by atoms with Gasteiger partial charge in [-0.1, -0.05) is 11.3 Å². The van der Waals surface area contributed by atoms with Crippen molar-refractivity contribution >= 4 is 45.9 Å². The second-order valence-electron chi connectivity index (χ2n) is 10.2. The molecule has 0 atom stereocenters. The van der Waals surface area contributed by atoms with Crippen molar-refractivity contribution in [2.24, 2.45) is 0 Å². The Balaban J connectivity index is 1.47. The number of halogens is 3. The number of carbonyl (C=O) groups is 3. The molecule has 14 heteroatoms. The van der Waals surface area contributed by atoms with Gasteiger partial charge in [0.2, 0.25) is 0 Å². The molecule has 10 nitrogen and oxygen atoms in total. The Morgan fingerprint density at radius 3 is 2.44 bits per heavy atom. The molecule has 1 aromatic carbocycles. The molecular weight excluding hydrogens is 563 g/mol. The maximum absolute atomic E-state index is 14.7. The van der Waals surface area contributed by atoms with E-state index in [-0.39, 0.29) is 33.2 Å². The number of nitrogens with zero attached hydrogens (tertiary/aromatic N) is 3. The number of alkyl halides is 2. The van der Waals surface area contributed by atoms with Crippen molar-refractivity contribution in [1.29, 1.82) is 0 Å². The summed E-state index contributed by atoms with van der Waals surface area (Å²) in [4.78, 5) is 46.9. The van der Waals surface area contributed by atoms with Crippen molar-refractivity contribution in [3.63, 3.8) is 0 Å². The monoisotopic (exact) mass is 591 g/mol. The molecule has 0 bridgehead atoms. The molecule has 2 aromatic heterocycles. The molecule has 218 valence electrons. The Hall–Kier alpha value is -4.20. The fourth-order valence-electron chi connectivity index (χ4n) is 3.43. The molecule has 4 rings (SSSR count). The highest BCUT2D eigenvalue weighted by Gasteiger charge is 2.29. The van der Waals surface area contributed by atoms with Gasteiger partial charge in [0.1, 0.15) is 27.9 Å². The molecule has 3 aromatic rings. The highest BCUT2D eigenvalue weighted by atomic mass is 32.1. The zero-order chi connectivity index (χ0) is 29.9. The molecule has 3 amide bonds. The summed E-state index contributed by atoms with van der Waals surface area (Å²) < 4.78 is 51.9. The second-order valence-corrected chi connectivity index (χ2v) is 11.2. The van der Waals surface area contributed by atoms with E-state index >= 15 is 0 Å². The van der Waals surface area contributed by atoms with Crippen LogP contribution in [-0.2, 0) is 4.74 Å². The molecule has 0 saturated heterocycles. The van der Waals surface area contributed by atoms with Gasteiger partial charge in [0, 0.05) is 5.69 Å². The fourth-order valence-corrected chi connectivity index (χ4v) is 4.24. The zero-order valence-corrected chi connectivity index (χ0v) is 23.5. The molecular formula is C27H28F3N5O5S. The predicted octanol–water partition coefficient (Wildman–Crippen LogP) is 6.04. The topological polar surface area (TPSA) is 123 Å². The Kier molecular flexibility index (Phi) is 8.80. The molecule has 0 radical (unpaired) electrons. The van der Waals surface area contributed by atoms with Gasteiger partial charge >= 0.3 is 6.09 Å². The largest absolute Gasteiger partial charge is 0.489 e. The number of amides is 3. The van der Waals surface area contributed by atoms with Crippen molar-refractivity contribution in [3.05, 3.63) is 58.5 Å². The number of anilines is 3. The lowest BCUT2D eigenvalue weighted by molar-refractivity contribution is 0.0543. The Morgan fingerprint density at radius 2 is 1.83 bits per heavy atom. The van der Waals surface area contributed by atoms with Crippen molar-refractivity contribution in [1.82, 2.24) is 9.97 Å². The molecule has 0 unspecified atom stereocenters. The fraction of sp³-hybridized carbons (Fsp3) is 0.370. The molecule has 0 spiro atoms. The summed E-state index contributed by atoms with van der Waals surface area (Å²) in [7, 11) is 0. The van der Waals surface area contributed by atoms with Gasteiger partial charge < -0.3 is 20.1 Å². The van der Waals surface area contributed by atoms with Crippen molar-refractivity contribution in [3.8, 4) is 5.75 Å². The summed E-state index contributed by atoms with van der Waals surface area (Å²) >= 11 is 0.691. The smallest absolute Gasteiger partial charge is 0.416 e. The SMILES string of the molecule is Cc1cc(F)c(C(=O)Nc2ccc(OC3CC3)cn2)cc1NC(=O)c1cnc(N(CC(F)F)C(=O)OC(C)(C)C)s1. The number of carbonyl (C=O) groups excluding carboxylic acids is 3. The van der Waals surface area contributed by atoms with E-state index < -0.39 is 42.3 Å². The summed E-state index contributed by atoms with van der Waals surface area (Å²) in [6.45, 7) is 5.31. The lowest BCUT2D eigenvalue weighted by Crippen LogP contribution is -2.39. The minimum Gasteiger partial charge on any atom is -0.489 e. The van der Waals surface area contributed by atoms with Crippen LogP contribution >= 0.6 is 11.3 Å². The minimum absolute atomic E-state index is 0.0183. The number of hydrogen-bond donors (Lipinski definition) is 2. The van der Waals surface area contributed by atoms with E-state index in [0.29, 0.717) is 27.5 Å². The number of hydrogen-bond acceptors (Lipinski definition) is 8. The standard InChI is InChI=1S/C27H28F3N5O5S/c1-14-9-18(28)17(23(36)34-22-8-7-16(11-31-22)39-15-5-6-15)10-19(14)33-24(37)20-12-32-25(41-20)35(13-21(29)30)26(38)40-27(2,3)4/h7-12,15,21H,5-6,13H2,1-4H3,(H,33,37)(H,31,34,36). The molecule has 2 heterocycles.